The van der Waals surface area contributed by atoms with Crippen LogP contribution in [0.5, 0.6) is 11.5 Å². The highest BCUT2D eigenvalue weighted by atomic mass is 16.5. The Morgan fingerprint density at radius 2 is 1.63 bits per heavy atom. The van der Waals surface area contributed by atoms with Crippen molar-refractivity contribution in [1.82, 2.24) is 0 Å². The molecule has 1 saturated heterocycles. The Morgan fingerprint density at radius 3 is 2.24 bits per heavy atom. The molecule has 2 N–H and O–H groups in total. The van der Waals surface area contributed by atoms with Gasteiger partial charge < -0.3 is 19.7 Å². The number of hydrogen-bond donors (Lipinski definition) is 2. The van der Waals surface area contributed by atoms with Gasteiger partial charge in [0.1, 0.15) is 17.3 Å². The van der Waals surface area contributed by atoms with Gasteiger partial charge in [-0.25, -0.2) is 4.79 Å². The molecular formula is C30H29NO7. The molecule has 8 heteroatoms. The van der Waals surface area contributed by atoms with Crippen molar-refractivity contribution in [3.63, 3.8) is 0 Å². The minimum Gasteiger partial charge on any atom is -0.508 e. The molecule has 1 heterocycles. The van der Waals surface area contributed by atoms with E-state index in [0.717, 1.165) is 0 Å². The third-order valence-corrected chi connectivity index (χ3v) is 6.00. The molecule has 0 saturated carbocycles. The number of esters is 1. The lowest BCUT2D eigenvalue weighted by molar-refractivity contribution is -0.132. The van der Waals surface area contributed by atoms with Crippen molar-refractivity contribution < 1.29 is 34.1 Å². The van der Waals surface area contributed by atoms with Crippen molar-refractivity contribution in [2.75, 3.05) is 18.1 Å². The molecule has 196 valence electrons. The number of ether oxygens (including phenoxy) is 2. The number of ketones is 1. The number of carbonyl (C=O) groups excluding carboxylic acids is 3. The van der Waals surface area contributed by atoms with Crippen LogP contribution in [0, 0.1) is 5.92 Å². The van der Waals surface area contributed by atoms with Crippen LogP contribution in [0.15, 0.2) is 78.4 Å². The molecule has 1 aliphatic heterocycles. The highest BCUT2D eigenvalue weighted by Crippen LogP contribution is 2.43. The molecular weight excluding hydrogens is 486 g/mol. The topological polar surface area (TPSA) is 113 Å². The Balaban J connectivity index is 1.78. The van der Waals surface area contributed by atoms with Crippen molar-refractivity contribution >= 4 is 29.1 Å². The molecule has 1 atom stereocenters. The molecule has 0 aromatic heterocycles. The molecule has 1 amide bonds. The maximum atomic E-state index is 13.3. The van der Waals surface area contributed by atoms with Gasteiger partial charge in [-0.05, 0) is 79.1 Å². The Hall–Kier alpha value is -4.59. The second-order valence-electron chi connectivity index (χ2n) is 9.26. The van der Waals surface area contributed by atoms with Gasteiger partial charge in [-0.2, -0.15) is 0 Å². The number of aliphatic hydroxyl groups is 1. The summed E-state index contributed by atoms with van der Waals surface area (Å²) >= 11 is 0. The van der Waals surface area contributed by atoms with Crippen LogP contribution >= 0.6 is 0 Å². The fourth-order valence-electron chi connectivity index (χ4n) is 4.21. The van der Waals surface area contributed by atoms with Crippen LogP contribution in [0.3, 0.4) is 0 Å². The van der Waals surface area contributed by atoms with E-state index in [9.17, 15) is 24.6 Å². The second-order valence-corrected chi connectivity index (χ2v) is 9.26. The number of carbonyl (C=O) groups is 3. The monoisotopic (exact) mass is 515 g/mol. The van der Waals surface area contributed by atoms with Gasteiger partial charge in [-0.3, -0.25) is 14.5 Å². The lowest BCUT2D eigenvalue weighted by atomic mass is 9.95. The van der Waals surface area contributed by atoms with E-state index in [0.29, 0.717) is 40.7 Å². The Morgan fingerprint density at radius 1 is 0.974 bits per heavy atom. The first-order valence-corrected chi connectivity index (χ1v) is 12.3. The van der Waals surface area contributed by atoms with Crippen molar-refractivity contribution in [1.29, 1.82) is 0 Å². The Bertz CT molecular complexity index is 1370. The number of aliphatic hydroxyl groups excluding tert-OH is 1. The van der Waals surface area contributed by atoms with Crippen LogP contribution in [-0.4, -0.2) is 41.1 Å². The summed E-state index contributed by atoms with van der Waals surface area (Å²) in [6, 6.07) is 17.8. The molecule has 1 aliphatic rings. The first-order valence-electron chi connectivity index (χ1n) is 12.3. The molecule has 0 radical (unpaired) electrons. The third-order valence-electron chi connectivity index (χ3n) is 6.00. The van der Waals surface area contributed by atoms with Crippen LogP contribution in [0.2, 0.25) is 0 Å². The summed E-state index contributed by atoms with van der Waals surface area (Å²) in [5, 5.41) is 21.4. The first-order chi connectivity index (χ1) is 18.2. The molecule has 1 unspecified atom stereocenters. The number of nitrogens with zero attached hydrogens (tertiary/aromatic N) is 1. The Labute approximate surface area is 220 Å². The smallest absolute Gasteiger partial charge is 0.338 e. The molecule has 0 aliphatic carbocycles. The van der Waals surface area contributed by atoms with Crippen LogP contribution in [0.25, 0.3) is 5.76 Å². The second kappa shape index (κ2) is 11.2. The summed E-state index contributed by atoms with van der Waals surface area (Å²) in [6.45, 7) is 6.52. The van der Waals surface area contributed by atoms with Crippen molar-refractivity contribution in [2.45, 2.75) is 26.8 Å². The van der Waals surface area contributed by atoms with E-state index in [1.165, 1.54) is 41.3 Å². The van der Waals surface area contributed by atoms with Gasteiger partial charge in [0.25, 0.3) is 11.7 Å². The van der Waals surface area contributed by atoms with Crippen LogP contribution in [-0.2, 0) is 14.3 Å². The fourth-order valence-corrected chi connectivity index (χ4v) is 4.21. The summed E-state index contributed by atoms with van der Waals surface area (Å²) in [4.78, 5) is 39.9. The highest BCUT2D eigenvalue weighted by molar-refractivity contribution is 6.51. The number of hydrogen-bond acceptors (Lipinski definition) is 7. The summed E-state index contributed by atoms with van der Waals surface area (Å²) < 4.78 is 10.7. The van der Waals surface area contributed by atoms with Crippen molar-refractivity contribution in [2.24, 2.45) is 5.92 Å². The van der Waals surface area contributed by atoms with E-state index >= 15 is 0 Å². The van der Waals surface area contributed by atoms with Gasteiger partial charge in [0.15, 0.2) is 0 Å². The minimum atomic E-state index is -1.02. The number of anilines is 1. The number of amides is 1. The largest absolute Gasteiger partial charge is 0.508 e. The van der Waals surface area contributed by atoms with Crippen molar-refractivity contribution in [3.8, 4) is 11.5 Å². The number of aromatic hydroxyl groups is 1. The lowest BCUT2D eigenvalue weighted by Gasteiger charge is -2.25. The summed E-state index contributed by atoms with van der Waals surface area (Å²) in [5.74, 6) is -1.68. The van der Waals surface area contributed by atoms with E-state index in [1.54, 1.807) is 43.3 Å². The standard InChI is InChI=1S/C30H29NO7/c1-4-37-30(36)20-8-12-22(13-9-20)31-26(21-6-5-7-23(32)16-21)25(28(34)29(31)35)27(33)19-10-14-24(15-11-19)38-17-18(2)3/h5-16,18,26,32-33H,4,17H2,1-3H3/b27-25+. The van der Waals surface area contributed by atoms with Crippen LogP contribution < -0.4 is 9.64 Å². The molecule has 38 heavy (non-hydrogen) atoms. The predicted molar refractivity (Wildman–Crippen MR) is 142 cm³/mol. The highest BCUT2D eigenvalue weighted by Gasteiger charge is 2.47. The van der Waals surface area contributed by atoms with E-state index in [4.69, 9.17) is 9.47 Å². The third kappa shape index (κ3) is 5.39. The predicted octanol–water partition coefficient (Wildman–Crippen LogP) is 5.23. The lowest BCUT2D eigenvalue weighted by Crippen LogP contribution is -2.29. The maximum absolute atomic E-state index is 13.3. The van der Waals surface area contributed by atoms with Crippen LogP contribution in [0.1, 0.15) is 48.3 Å². The van der Waals surface area contributed by atoms with Gasteiger partial charge in [-0.1, -0.05) is 26.0 Å². The average Bonchev–Trinajstić information content (AvgIpc) is 3.17. The van der Waals surface area contributed by atoms with E-state index in [-0.39, 0.29) is 23.7 Å². The van der Waals surface area contributed by atoms with E-state index in [1.807, 2.05) is 13.8 Å². The summed E-state index contributed by atoms with van der Waals surface area (Å²) in [6.07, 6.45) is 0. The molecule has 3 aromatic carbocycles. The van der Waals surface area contributed by atoms with Crippen molar-refractivity contribution in [3.05, 3.63) is 95.1 Å². The molecule has 8 nitrogen and oxygen atoms in total. The average molecular weight is 516 g/mol. The number of Topliss-reactive ketones (excluding diaryl/α,β-unsaturated/α-hetero) is 1. The maximum Gasteiger partial charge on any atom is 0.338 e. The van der Waals surface area contributed by atoms with E-state index < -0.39 is 23.7 Å². The van der Waals surface area contributed by atoms with Gasteiger partial charge in [0.2, 0.25) is 0 Å². The number of benzene rings is 3. The summed E-state index contributed by atoms with van der Waals surface area (Å²) in [5.41, 5.74) is 1.27. The summed E-state index contributed by atoms with van der Waals surface area (Å²) in [7, 11) is 0. The molecule has 0 spiro atoms. The first kappa shape index (κ1) is 26.5. The van der Waals surface area contributed by atoms with Gasteiger partial charge in [0, 0.05) is 11.3 Å². The normalized spacial score (nSPS) is 16.6. The molecule has 0 bridgehead atoms. The zero-order valence-corrected chi connectivity index (χ0v) is 21.4. The quantitative estimate of drug-likeness (QED) is 0.183. The van der Waals surface area contributed by atoms with E-state index in [2.05, 4.69) is 0 Å². The van der Waals surface area contributed by atoms with Gasteiger partial charge >= 0.3 is 5.97 Å². The molecule has 1 fully saturated rings. The molecule has 4 rings (SSSR count). The van der Waals surface area contributed by atoms with Gasteiger partial charge in [-0.15, -0.1) is 0 Å². The fraction of sp³-hybridized carbons (Fsp3) is 0.233. The Kier molecular flexibility index (Phi) is 7.81. The molecule has 3 aromatic rings. The minimum absolute atomic E-state index is 0.0580. The number of phenolic OH excluding ortho intramolecular Hbond substituents is 1. The zero-order chi connectivity index (χ0) is 27.4. The SMILES string of the molecule is CCOC(=O)c1ccc(N2C(=O)C(=O)/C(=C(/O)c3ccc(OCC(C)C)cc3)C2c2cccc(O)c2)cc1. The number of phenols is 1. The number of rotatable bonds is 8. The van der Waals surface area contributed by atoms with Crippen LogP contribution in [0.4, 0.5) is 5.69 Å². The zero-order valence-electron chi connectivity index (χ0n) is 21.4. The van der Waals surface area contributed by atoms with Gasteiger partial charge in [0.05, 0.1) is 30.4 Å².